The zero-order valence-electron chi connectivity index (χ0n) is 10.6. The molecule has 0 spiro atoms. The zero-order valence-corrected chi connectivity index (χ0v) is 10.6. The van der Waals surface area contributed by atoms with E-state index in [9.17, 15) is 15.0 Å². The van der Waals surface area contributed by atoms with Crippen LogP contribution in [0, 0.1) is 6.92 Å². The average Bonchev–Trinajstić information content (AvgIpc) is 2.83. The first-order valence-electron chi connectivity index (χ1n) is 5.71. The molecule has 0 saturated carbocycles. The molecule has 1 aliphatic rings. The van der Waals surface area contributed by atoms with Crippen LogP contribution in [0.25, 0.3) is 0 Å². The predicted molar refractivity (Wildman–Crippen MR) is 62.2 cm³/mol. The second kappa shape index (κ2) is 4.72. The molecule has 0 unspecified atom stereocenters. The third-order valence-electron chi connectivity index (χ3n) is 3.00. The third kappa shape index (κ3) is 2.14. The number of aryl methyl sites for hydroxylation is 1. The Bertz CT molecular complexity index is 453. The van der Waals surface area contributed by atoms with Crippen molar-refractivity contribution >= 4 is 5.91 Å². The molecule has 2 N–H and O–H groups in total. The molecule has 2 heterocycles. The lowest BCUT2D eigenvalue weighted by Crippen LogP contribution is -2.25. The first-order chi connectivity index (χ1) is 8.41. The van der Waals surface area contributed by atoms with Crippen LogP contribution in [0.5, 0.6) is 0 Å². The van der Waals surface area contributed by atoms with Crippen LogP contribution in [0.3, 0.4) is 0 Å². The summed E-state index contributed by atoms with van der Waals surface area (Å²) < 4.78 is 10.7. The highest BCUT2D eigenvalue weighted by molar-refractivity contribution is 5.94. The predicted octanol–water partition coefficient (Wildman–Crippen LogP) is 0.0829. The van der Waals surface area contributed by atoms with Crippen LogP contribution in [0.15, 0.2) is 10.5 Å². The molecule has 0 aliphatic carbocycles. The normalized spacial score (nSPS) is 27.5. The smallest absolute Gasteiger partial charge is 0.256 e. The maximum atomic E-state index is 11.9. The van der Waals surface area contributed by atoms with Gasteiger partial charge in [-0.15, -0.1) is 0 Å². The van der Waals surface area contributed by atoms with Crippen molar-refractivity contribution in [2.45, 2.75) is 25.2 Å². The van der Waals surface area contributed by atoms with Crippen LogP contribution in [0.2, 0.25) is 0 Å². The van der Waals surface area contributed by atoms with Gasteiger partial charge in [-0.1, -0.05) is 0 Å². The van der Waals surface area contributed by atoms with Gasteiger partial charge < -0.3 is 24.3 Å². The third-order valence-corrected chi connectivity index (χ3v) is 3.00. The van der Waals surface area contributed by atoms with E-state index in [1.165, 1.54) is 4.90 Å². The molecule has 1 aromatic rings. The summed E-state index contributed by atoms with van der Waals surface area (Å²) in [4.78, 5) is 13.3. The standard InChI is InChI=1S/C12H17NO5/c1-6-7(12(16)13(2)3)4-9(18-6)11-10(15)8(14)5-17-11/h4,8,10-11,14-15H,5H2,1-3H3/t8-,10-,11+/m1/s1. The Kier molecular flexibility index (Phi) is 3.43. The average molecular weight is 255 g/mol. The van der Waals surface area contributed by atoms with E-state index in [4.69, 9.17) is 9.15 Å². The Morgan fingerprint density at radius 2 is 2.11 bits per heavy atom. The van der Waals surface area contributed by atoms with E-state index in [0.717, 1.165) is 0 Å². The summed E-state index contributed by atoms with van der Waals surface area (Å²) >= 11 is 0. The molecule has 0 aromatic carbocycles. The molecule has 6 nitrogen and oxygen atoms in total. The molecule has 18 heavy (non-hydrogen) atoms. The van der Waals surface area contributed by atoms with E-state index in [1.54, 1.807) is 27.1 Å². The van der Waals surface area contributed by atoms with Crippen LogP contribution in [0.1, 0.15) is 28.0 Å². The van der Waals surface area contributed by atoms with E-state index in [0.29, 0.717) is 17.1 Å². The highest BCUT2D eigenvalue weighted by atomic mass is 16.5. The Morgan fingerprint density at radius 3 is 2.61 bits per heavy atom. The van der Waals surface area contributed by atoms with Crippen molar-refractivity contribution in [3.05, 3.63) is 23.2 Å². The van der Waals surface area contributed by atoms with Crippen molar-refractivity contribution in [3.8, 4) is 0 Å². The largest absolute Gasteiger partial charge is 0.463 e. The van der Waals surface area contributed by atoms with Crippen molar-refractivity contribution in [2.75, 3.05) is 20.7 Å². The number of aliphatic hydroxyl groups excluding tert-OH is 2. The number of amides is 1. The van der Waals surface area contributed by atoms with Gasteiger partial charge in [-0.25, -0.2) is 0 Å². The van der Waals surface area contributed by atoms with Crippen molar-refractivity contribution in [2.24, 2.45) is 0 Å². The van der Waals surface area contributed by atoms with Crippen molar-refractivity contribution in [1.29, 1.82) is 0 Å². The fourth-order valence-corrected chi connectivity index (χ4v) is 1.95. The van der Waals surface area contributed by atoms with E-state index in [1.807, 2.05) is 0 Å². The molecule has 3 atom stereocenters. The summed E-state index contributed by atoms with van der Waals surface area (Å²) in [5, 5.41) is 19.1. The molecule has 1 saturated heterocycles. The van der Waals surface area contributed by atoms with E-state index in [-0.39, 0.29) is 12.5 Å². The zero-order chi connectivity index (χ0) is 13.4. The number of carbonyl (C=O) groups excluding carboxylic acids is 1. The molecule has 2 rings (SSSR count). The van der Waals surface area contributed by atoms with Crippen LogP contribution >= 0.6 is 0 Å². The lowest BCUT2D eigenvalue weighted by molar-refractivity contribution is 0.0117. The first kappa shape index (κ1) is 13.1. The van der Waals surface area contributed by atoms with Crippen molar-refractivity contribution in [3.63, 3.8) is 0 Å². The van der Waals surface area contributed by atoms with Crippen molar-refractivity contribution in [1.82, 2.24) is 4.90 Å². The Labute approximate surface area is 105 Å². The molecule has 1 aliphatic heterocycles. The van der Waals surface area contributed by atoms with Crippen molar-refractivity contribution < 1.29 is 24.2 Å². The lowest BCUT2D eigenvalue weighted by Gasteiger charge is -2.11. The molecule has 0 radical (unpaired) electrons. The number of carbonyl (C=O) groups is 1. The fraction of sp³-hybridized carbons (Fsp3) is 0.583. The van der Waals surface area contributed by atoms with Gasteiger partial charge in [0.25, 0.3) is 5.91 Å². The number of ether oxygens (including phenoxy) is 1. The number of hydrogen-bond acceptors (Lipinski definition) is 5. The number of furan rings is 1. The minimum atomic E-state index is -1.03. The Balaban J connectivity index is 2.27. The topological polar surface area (TPSA) is 83.1 Å². The van der Waals surface area contributed by atoms with Crippen LogP contribution in [0.4, 0.5) is 0 Å². The maximum Gasteiger partial charge on any atom is 0.256 e. The summed E-state index contributed by atoms with van der Waals surface area (Å²) in [5.74, 6) is 0.665. The molecular weight excluding hydrogens is 238 g/mol. The summed E-state index contributed by atoms with van der Waals surface area (Å²) in [7, 11) is 3.30. The lowest BCUT2D eigenvalue weighted by atomic mass is 10.1. The van der Waals surface area contributed by atoms with Gasteiger partial charge in [-0.3, -0.25) is 4.79 Å². The van der Waals surface area contributed by atoms with Gasteiger partial charge in [0.1, 0.15) is 29.8 Å². The molecule has 0 bridgehead atoms. The van der Waals surface area contributed by atoms with Gasteiger partial charge in [0, 0.05) is 14.1 Å². The van der Waals surface area contributed by atoms with Crippen LogP contribution < -0.4 is 0 Å². The fourth-order valence-electron chi connectivity index (χ4n) is 1.95. The summed E-state index contributed by atoms with van der Waals surface area (Å²) in [6.07, 6.45) is -2.67. The van der Waals surface area contributed by atoms with E-state index >= 15 is 0 Å². The van der Waals surface area contributed by atoms with Gasteiger partial charge >= 0.3 is 0 Å². The summed E-state index contributed by atoms with van der Waals surface area (Å²) in [6, 6.07) is 1.56. The van der Waals surface area contributed by atoms with Gasteiger partial charge in [0.15, 0.2) is 0 Å². The van der Waals surface area contributed by atoms with Gasteiger partial charge in [-0.05, 0) is 13.0 Å². The SMILES string of the molecule is Cc1oc([C@@H]2OC[C@@H](O)[C@H]2O)cc1C(=O)N(C)C. The minimum absolute atomic E-state index is 0.0581. The number of aliphatic hydroxyl groups is 2. The quantitative estimate of drug-likeness (QED) is 0.782. The summed E-state index contributed by atoms with van der Waals surface area (Å²) in [6.45, 7) is 1.74. The van der Waals surface area contributed by atoms with E-state index in [2.05, 4.69) is 0 Å². The van der Waals surface area contributed by atoms with E-state index < -0.39 is 18.3 Å². The van der Waals surface area contributed by atoms with Gasteiger partial charge in [-0.2, -0.15) is 0 Å². The maximum absolute atomic E-state index is 11.9. The minimum Gasteiger partial charge on any atom is -0.463 e. The van der Waals surface area contributed by atoms with Crippen LogP contribution in [-0.4, -0.2) is 53.9 Å². The molecular formula is C12H17NO5. The molecule has 100 valence electrons. The number of hydrogen-bond donors (Lipinski definition) is 2. The van der Waals surface area contributed by atoms with Crippen LogP contribution in [-0.2, 0) is 4.74 Å². The molecule has 6 heteroatoms. The van der Waals surface area contributed by atoms with Gasteiger partial charge in [0.2, 0.25) is 0 Å². The summed E-state index contributed by atoms with van der Waals surface area (Å²) in [5.41, 5.74) is 0.437. The molecule has 1 fully saturated rings. The Morgan fingerprint density at radius 1 is 1.44 bits per heavy atom. The monoisotopic (exact) mass is 255 g/mol. The second-order valence-corrected chi connectivity index (χ2v) is 4.63. The highest BCUT2D eigenvalue weighted by Crippen LogP contribution is 2.32. The molecule has 1 aromatic heterocycles. The Hall–Kier alpha value is -1.37. The first-order valence-corrected chi connectivity index (χ1v) is 5.71. The highest BCUT2D eigenvalue weighted by Gasteiger charge is 2.38. The number of nitrogens with zero attached hydrogens (tertiary/aromatic N) is 1. The van der Waals surface area contributed by atoms with Gasteiger partial charge in [0.05, 0.1) is 12.2 Å². The molecule has 1 amide bonds. The number of rotatable bonds is 2. The second-order valence-electron chi connectivity index (χ2n) is 4.63.